The molecule has 0 aliphatic carbocycles. The summed E-state index contributed by atoms with van der Waals surface area (Å²) < 4.78 is 16.4. The number of methoxy groups -OCH3 is 2. The van der Waals surface area contributed by atoms with Crippen LogP contribution in [0.3, 0.4) is 0 Å². The van der Waals surface area contributed by atoms with Crippen molar-refractivity contribution in [2.24, 2.45) is 0 Å². The summed E-state index contributed by atoms with van der Waals surface area (Å²) in [6, 6.07) is 5.25. The SMILES string of the molecule is COc1cccc(OC)c1Oc1nc[nH]c(=O)c1I. The first-order valence-corrected chi connectivity index (χ1v) is 6.37. The van der Waals surface area contributed by atoms with Gasteiger partial charge >= 0.3 is 0 Å². The Labute approximate surface area is 122 Å². The van der Waals surface area contributed by atoms with E-state index in [1.807, 2.05) is 22.6 Å². The highest BCUT2D eigenvalue weighted by Gasteiger charge is 2.15. The monoisotopic (exact) mass is 374 g/mol. The average molecular weight is 374 g/mol. The third-order valence-corrected chi connectivity index (χ3v) is 3.30. The molecule has 0 aliphatic heterocycles. The van der Waals surface area contributed by atoms with Crippen molar-refractivity contribution in [3.8, 4) is 23.1 Å². The number of hydrogen-bond acceptors (Lipinski definition) is 5. The summed E-state index contributed by atoms with van der Waals surface area (Å²) in [5.41, 5.74) is -0.264. The second-order valence-electron chi connectivity index (χ2n) is 3.44. The third kappa shape index (κ3) is 2.80. The molecule has 1 heterocycles. The Balaban J connectivity index is 2.48. The lowest BCUT2D eigenvalue weighted by Crippen LogP contribution is -2.11. The lowest BCUT2D eigenvalue weighted by Gasteiger charge is -2.13. The summed E-state index contributed by atoms with van der Waals surface area (Å²) in [6.07, 6.45) is 1.28. The Morgan fingerprint density at radius 3 is 2.42 bits per heavy atom. The molecule has 100 valence electrons. The Morgan fingerprint density at radius 1 is 1.21 bits per heavy atom. The Morgan fingerprint density at radius 2 is 1.84 bits per heavy atom. The number of aromatic nitrogens is 2. The highest BCUT2D eigenvalue weighted by atomic mass is 127. The molecule has 6 nitrogen and oxygen atoms in total. The number of aromatic amines is 1. The van der Waals surface area contributed by atoms with Gasteiger partial charge in [-0.1, -0.05) is 6.07 Å². The van der Waals surface area contributed by atoms with E-state index in [1.54, 1.807) is 18.2 Å². The minimum atomic E-state index is -0.264. The minimum Gasteiger partial charge on any atom is -0.493 e. The minimum absolute atomic E-state index is 0.201. The van der Waals surface area contributed by atoms with Crippen LogP contribution in [-0.4, -0.2) is 24.2 Å². The summed E-state index contributed by atoms with van der Waals surface area (Å²) in [7, 11) is 3.05. The number of H-pyrrole nitrogens is 1. The van der Waals surface area contributed by atoms with Gasteiger partial charge in [-0.25, -0.2) is 4.98 Å². The van der Waals surface area contributed by atoms with E-state index in [2.05, 4.69) is 9.97 Å². The van der Waals surface area contributed by atoms with E-state index in [0.29, 0.717) is 20.8 Å². The zero-order chi connectivity index (χ0) is 13.8. The highest BCUT2D eigenvalue weighted by molar-refractivity contribution is 14.1. The molecule has 0 saturated heterocycles. The lowest BCUT2D eigenvalue weighted by atomic mass is 10.3. The molecule has 1 aromatic carbocycles. The van der Waals surface area contributed by atoms with Gasteiger partial charge in [-0.05, 0) is 34.7 Å². The van der Waals surface area contributed by atoms with Crippen LogP contribution < -0.4 is 19.8 Å². The molecule has 0 amide bonds. The van der Waals surface area contributed by atoms with Crippen molar-refractivity contribution in [2.45, 2.75) is 0 Å². The van der Waals surface area contributed by atoms with Crippen LogP contribution in [0.25, 0.3) is 0 Å². The molecular weight excluding hydrogens is 363 g/mol. The highest BCUT2D eigenvalue weighted by Crippen LogP contribution is 2.39. The molecule has 0 atom stereocenters. The van der Waals surface area contributed by atoms with Gasteiger partial charge in [0.2, 0.25) is 11.6 Å². The molecule has 2 rings (SSSR count). The first kappa shape index (κ1) is 13.7. The first-order valence-electron chi connectivity index (χ1n) is 5.29. The zero-order valence-corrected chi connectivity index (χ0v) is 12.4. The topological polar surface area (TPSA) is 73.4 Å². The Kier molecular flexibility index (Phi) is 4.25. The maximum absolute atomic E-state index is 11.5. The summed E-state index contributed by atoms with van der Waals surface area (Å²) in [4.78, 5) is 17.9. The van der Waals surface area contributed by atoms with Crippen molar-refractivity contribution in [3.05, 3.63) is 38.5 Å². The summed E-state index contributed by atoms with van der Waals surface area (Å²) in [5, 5.41) is 0. The van der Waals surface area contributed by atoms with E-state index in [9.17, 15) is 4.79 Å². The van der Waals surface area contributed by atoms with Crippen molar-refractivity contribution >= 4 is 22.6 Å². The Hall–Kier alpha value is -1.77. The lowest BCUT2D eigenvalue weighted by molar-refractivity contribution is 0.340. The number of para-hydroxylation sites is 1. The number of benzene rings is 1. The van der Waals surface area contributed by atoms with E-state index >= 15 is 0 Å². The van der Waals surface area contributed by atoms with Crippen LogP contribution in [0.1, 0.15) is 0 Å². The molecule has 0 aliphatic rings. The molecule has 0 saturated carbocycles. The van der Waals surface area contributed by atoms with Crippen LogP contribution in [-0.2, 0) is 0 Å². The second-order valence-corrected chi connectivity index (χ2v) is 4.52. The fourth-order valence-electron chi connectivity index (χ4n) is 1.45. The number of ether oxygens (including phenoxy) is 3. The van der Waals surface area contributed by atoms with Gasteiger partial charge in [-0.2, -0.15) is 0 Å². The van der Waals surface area contributed by atoms with Gasteiger partial charge in [-0.15, -0.1) is 0 Å². The Bertz CT molecular complexity index is 620. The fourth-order valence-corrected chi connectivity index (χ4v) is 1.86. The number of nitrogens with one attached hydrogen (secondary N) is 1. The van der Waals surface area contributed by atoms with Crippen LogP contribution in [0.4, 0.5) is 0 Å². The number of halogens is 1. The maximum Gasteiger partial charge on any atom is 0.268 e. The average Bonchev–Trinajstić information content (AvgIpc) is 2.44. The maximum atomic E-state index is 11.5. The predicted molar refractivity (Wildman–Crippen MR) is 77.2 cm³/mol. The molecule has 0 spiro atoms. The van der Waals surface area contributed by atoms with Crippen molar-refractivity contribution in [2.75, 3.05) is 14.2 Å². The standard InChI is InChI=1S/C12H11IN2O4/c1-17-7-4-3-5-8(18-2)10(7)19-12-9(13)11(16)14-6-15-12/h3-6H,1-2H3,(H,14,15,16). The molecule has 19 heavy (non-hydrogen) atoms. The predicted octanol–water partition coefficient (Wildman–Crippen LogP) is 2.18. The van der Waals surface area contributed by atoms with Gasteiger partial charge in [0, 0.05) is 0 Å². The van der Waals surface area contributed by atoms with E-state index in [-0.39, 0.29) is 11.4 Å². The third-order valence-electron chi connectivity index (χ3n) is 2.35. The summed E-state index contributed by atoms with van der Waals surface area (Å²) in [6.45, 7) is 0. The summed E-state index contributed by atoms with van der Waals surface area (Å²) in [5.74, 6) is 1.57. The largest absolute Gasteiger partial charge is 0.493 e. The molecular formula is C12H11IN2O4. The van der Waals surface area contributed by atoms with Crippen molar-refractivity contribution < 1.29 is 14.2 Å². The molecule has 0 radical (unpaired) electrons. The number of rotatable bonds is 4. The normalized spacial score (nSPS) is 10.1. The van der Waals surface area contributed by atoms with E-state index in [1.165, 1.54) is 20.5 Å². The summed E-state index contributed by atoms with van der Waals surface area (Å²) >= 11 is 1.87. The van der Waals surface area contributed by atoms with Crippen molar-refractivity contribution in [3.63, 3.8) is 0 Å². The van der Waals surface area contributed by atoms with E-state index in [4.69, 9.17) is 14.2 Å². The van der Waals surface area contributed by atoms with Crippen molar-refractivity contribution in [1.29, 1.82) is 0 Å². The van der Waals surface area contributed by atoms with Gasteiger partial charge < -0.3 is 19.2 Å². The van der Waals surface area contributed by atoms with Gasteiger partial charge in [0.15, 0.2) is 11.5 Å². The van der Waals surface area contributed by atoms with E-state index in [0.717, 1.165) is 0 Å². The van der Waals surface area contributed by atoms with Crippen LogP contribution in [0.2, 0.25) is 0 Å². The van der Waals surface area contributed by atoms with Crippen LogP contribution in [0.15, 0.2) is 29.3 Å². The zero-order valence-electron chi connectivity index (χ0n) is 10.3. The van der Waals surface area contributed by atoms with Gasteiger partial charge in [0.25, 0.3) is 5.56 Å². The van der Waals surface area contributed by atoms with Crippen LogP contribution in [0.5, 0.6) is 23.1 Å². The molecule has 1 N–H and O–H groups in total. The van der Waals surface area contributed by atoms with Gasteiger partial charge in [0.05, 0.1) is 20.5 Å². The molecule has 0 fully saturated rings. The number of hydrogen-bond donors (Lipinski definition) is 1. The second kappa shape index (κ2) is 5.91. The molecule has 0 bridgehead atoms. The van der Waals surface area contributed by atoms with Crippen LogP contribution in [0, 0.1) is 3.57 Å². The molecule has 1 aromatic heterocycles. The number of nitrogens with zero attached hydrogens (tertiary/aromatic N) is 1. The van der Waals surface area contributed by atoms with Crippen molar-refractivity contribution in [1.82, 2.24) is 9.97 Å². The first-order chi connectivity index (χ1) is 9.17. The quantitative estimate of drug-likeness (QED) is 0.831. The molecule has 2 aromatic rings. The molecule has 0 unspecified atom stereocenters. The fraction of sp³-hybridized carbons (Fsp3) is 0.167. The van der Waals surface area contributed by atoms with E-state index < -0.39 is 0 Å². The molecule has 7 heteroatoms. The van der Waals surface area contributed by atoms with Crippen LogP contribution >= 0.6 is 22.6 Å². The van der Waals surface area contributed by atoms with Gasteiger partial charge in [0.1, 0.15) is 3.57 Å². The van der Waals surface area contributed by atoms with Gasteiger partial charge in [-0.3, -0.25) is 4.79 Å². The smallest absolute Gasteiger partial charge is 0.268 e.